The highest BCUT2D eigenvalue weighted by Crippen LogP contribution is 2.30. The molecule has 2 aromatic carbocycles. The number of carbonyl (C=O) groups excluding carboxylic acids is 1. The molecule has 7 nitrogen and oxygen atoms in total. The number of benzene rings is 2. The molecule has 4 rings (SSSR count). The van der Waals surface area contributed by atoms with E-state index in [1.807, 2.05) is 31.2 Å². The Labute approximate surface area is 209 Å². The van der Waals surface area contributed by atoms with E-state index in [9.17, 15) is 22.0 Å². The van der Waals surface area contributed by atoms with Crippen molar-refractivity contribution in [2.45, 2.75) is 31.6 Å². The van der Waals surface area contributed by atoms with Crippen molar-refractivity contribution in [3.05, 3.63) is 76.7 Å². The lowest BCUT2D eigenvalue weighted by molar-refractivity contribution is -0.123. The maximum Gasteiger partial charge on any atom is 0.248 e. The Balaban J connectivity index is 1.48. The number of halogens is 2. The fourth-order valence-electron chi connectivity index (χ4n) is 4.31. The molecule has 10 heteroatoms. The van der Waals surface area contributed by atoms with E-state index in [0.29, 0.717) is 12.8 Å². The van der Waals surface area contributed by atoms with Crippen LogP contribution in [0, 0.1) is 31.4 Å². The largest absolute Gasteiger partial charge is 0.355 e. The molecule has 0 radical (unpaired) electrons. The van der Waals surface area contributed by atoms with Crippen LogP contribution in [-0.4, -0.2) is 43.9 Å². The molecule has 3 aromatic rings. The van der Waals surface area contributed by atoms with E-state index >= 15 is 0 Å². The number of piperidine rings is 1. The van der Waals surface area contributed by atoms with Crippen LogP contribution >= 0.6 is 0 Å². The minimum Gasteiger partial charge on any atom is -0.355 e. The van der Waals surface area contributed by atoms with E-state index < -0.39 is 21.7 Å². The topological polar surface area (TPSA) is 83.7 Å². The monoisotopic (exact) mass is 515 g/mol. The van der Waals surface area contributed by atoms with Crippen LogP contribution < -0.4 is 4.90 Å². The quantitative estimate of drug-likeness (QED) is 0.471. The zero-order chi connectivity index (χ0) is 26.0. The number of aryl methyl sites for hydroxylation is 2. The summed E-state index contributed by atoms with van der Waals surface area (Å²) in [6.07, 6.45) is 3.37. The summed E-state index contributed by atoms with van der Waals surface area (Å²) in [7, 11) is -2.26. The van der Waals surface area contributed by atoms with Gasteiger partial charge in [0.2, 0.25) is 15.9 Å². The van der Waals surface area contributed by atoms with Crippen molar-refractivity contribution < 1.29 is 26.5 Å². The van der Waals surface area contributed by atoms with Crippen molar-refractivity contribution in [2.24, 2.45) is 5.92 Å². The van der Waals surface area contributed by atoms with Gasteiger partial charge in [-0.05, 0) is 68.7 Å². The van der Waals surface area contributed by atoms with Crippen molar-refractivity contribution in [1.82, 2.24) is 9.46 Å². The predicted octanol–water partition coefficient (Wildman–Crippen LogP) is 4.80. The van der Waals surface area contributed by atoms with Gasteiger partial charge in [-0.3, -0.25) is 4.79 Å². The van der Waals surface area contributed by atoms with Gasteiger partial charge < -0.3 is 9.42 Å². The van der Waals surface area contributed by atoms with E-state index in [1.54, 1.807) is 11.9 Å². The summed E-state index contributed by atoms with van der Waals surface area (Å²) >= 11 is 0. The zero-order valence-corrected chi connectivity index (χ0v) is 21.1. The molecule has 1 saturated heterocycles. The number of sulfonamides is 1. The van der Waals surface area contributed by atoms with Crippen molar-refractivity contribution >= 4 is 33.8 Å². The van der Waals surface area contributed by atoms with Crippen LogP contribution in [0.4, 0.5) is 14.5 Å². The van der Waals surface area contributed by atoms with Crippen LogP contribution in [0.2, 0.25) is 0 Å². The van der Waals surface area contributed by atoms with E-state index in [2.05, 4.69) is 5.16 Å². The Morgan fingerprint density at radius 2 is 1.83 bits per heavy atom. The van der Waals surface area contributed by atoms with Gasteiger partial charge in [0.15, 0.2) is 10.7 Å². The molecule has 0 bridgehead atoms. The van der Waals surface area contributed by atoms with Crippen molar-refractivity contribution in [3.63, 3.8) is 0 Å². The Kier molecular flexibility index (Phi) is 7.37. The van der Waals surface area contributed by atoms with E-state index in [-0.39, 0.29) is 46.8 Å². The lowest BCUT2D eigenvalue weighted by atomic mass is 9.96. The van der Waals surface area contributed by atoms with Crippen LogP contribution in [0.25, 0.3) is 12.2 Å². The lowest BCUT2D eigenvalue weighted by Gasteiger charge is -2.32. The molecule has 2 heterocycles. The summed E-state index contributed by atoms with van der Waals surface area (Å²) < 4.78 is 60.6. The Morgan fingerprint density at radius 3 is 2.50 bits per heavy atom. The summed E-state index contributed by atoms with van der Waals surface area (Å²) in [4.78, 5) is 14.5. The molecule has 1 fully saturated rings. The van der Waals surface area contributed by atoms with E-state index in [4.69, 9.17) is 4.52 Å². The van der Waals surface area contributed by atoms with Gasteiger partial charge in [-0.2, -0.15) is 4.31 Å². The van der Waals surface area contributed by atoms with E-state index in [1.165, 1.54) is 29.4 Å². The molecule has 36 heavy (non-hydrogen) atoms. The van der Waals surface area contributed by atoms with Crippen LogP contribution in [-0.2, 0) is 14.8 Å². The molecule has 0 spiro atoms. The highest BCUT2D eigenvalue weighted by atomic mass is 32.2. The first kappa shape index (κ1) is 25.7. The normalized spacial score (nSPS) is 15.5. The summed E-state index contributed by atoms with van der Waals surface area (Å²) in [5.74, 6) is -1.90. The third kappa shape index (κ3) is 5.24. The number of hydrogen-bond acceptors (Lipinski definition) is 5. The number of aromatic nitrogens is 1. The van der Waals surface area contributed by atoms with Crippen molar-refractivity contribution in [3.8, 4) is 0 Å². The number of amides is 1. The summed E-state index contributed by atoms with van der Waals surface area (Å²) in [6.45, 7) is 3.80. The van der Waals surface area contributed by atoms with Crippen LogP contribution in [0.1, 0.15) is 35.4 Å². The molecule has 0 N–H and O–H groups in total. The van der Waals surface area contributed by atoms with Crippen molar-refractivity contribution in [1.29, 1.82) is 0 Å². The highest BCUT2D eigenvalue weighted by Gasteiger charge is 2.36. The van der Waals surface area contributed by atoms with Gasteiger partial charge in [-0.1, -0.05) is 17.3 Å². The van der Waals surface area contributed by atoms with Gasteiger partial charge in [0, 0.05) is 43.4 Å². The van der Waals surface area contributed by atoms with Crippen LogP contribution in [0.15, 0.2) is 51.9 Å². The molecule has 0 atom stereocenters. The van der Waals surface area contributed by atoms with Gasteiger partial charge >= 0.3 is 0 Å². The van der Waals surface area contributed by atoms with Gasteiger partial charge in [0.25, 0.3) is 0 Å². The maximum absolute atomic E-state index is 14.0. The molecule has 1 amide bonds. The maximum atomic E-state index is 14.0. The molecular formula is C26H27F2N3O4S. The van der Waals surface area contributed by atoms with Gasteiger partial charge in [-0.25, -0.2) is 17.2 Å². The summed E-state index contributed by atoms with van der Waals surface area (Å²) in [5, 5.41) is 3.79. The molecule has 1 aromatic heterocycles. The lowest BCUT2D eigenvalue weighted by Crippen LogP contribution is -2.43. The molecule has 1 aliphatic heterocycles. The third-order valence-corrected chi connectivity index (χ3v) is 8.39. The average molecular weight is 516 g/mol. The number of nitrogens with zero attached hydrogens (tertiary/aromatic N) is 3. The molecule has 1 aliphatic rings. The molecule has 190 valence electrons. The second-order valence-electron chi connectivity index (χ2n) is 8.88. The third-order valence-electron chi connectivity index (χ3n) is 6.33. The number of rotatable bonds is 6. The Morgan fingerprint density at radius 1 is 1.11 bits per heavy atom. The second-order valence-corrected chi connectivity index (χ2v) is 10.7. The standard InChI is InChI=1S/C26H27F2N3O4S/c1-17-5-4-6-22(15-17)30(3)26(32)20-11-13-31(14-12-20)36(33,34)25-18(2)29-35-24(25)10-8-19-7-9-21(27)16-23(19)28/h4-10,15-16,20H,11-14H2,1-3H3/b10-8+. The molecule has 0 saturated carbocycles. The van der Waals surface area contributed by atoms with Crippen molar-refractivity contribution in [2.75, 3.05) is 25.0 Å². The number of hydrogen-bond donors (Lipinski definition) is 0. The van der Waals surface area contributed by atoms with Gasteiger partial charge in [0.05, 0.1) is 0 Å². The van der Waals surface area contributed by atoms with Crippen LogP contribution in [0.5, 0.6) is 0 Å². The summed E-state index contributed by atoms with van der Waals surface area (Å²) in [6, 6.07) is 10.7. The predicted molar refractivity (Wildman–Crippen MR) is 133 cm³/mol. The fraction of sp³-hybridized carbons (Fsp3) is 0.308. The summed E-state index contributed by atoms with van der Waals surface area (Å²) in [5.41, 5.74) is 2.09. The molecule has 0 aliphatic carbocycles. The van der Waals surface area contributed by atoms with Crippen LogP contribution in [0.3, 0.4) is 0 Å². The smallest absolute Gasteiger partial charge is 0.248 e. The first-order valence-electron chi connectivity index (χ1n) is 11.5. The minimum atomic E-state index is -3.98. The number of carbonyl (C=O) groups is 1. The SMILES string of the molecule is Cc1cccc(N(C)C(=O)C2CCN(S(=O)(=O)c3c(C)noc3/C=C/c3ccc(F)cc3F)CC2)c1. The fourth-order valence-corrected chi connectivity index (χ4v) is 6.03. The highest BCUT2D eigenvalue weighted by molar-refractivity contribution is 7.89. The van der Waals surface area contributed by atoms with E-state index in [0.717, 1.165) is 23.4 Å². The number of anilines is 1. The first-order chi connectivity index (χ1) is 17.1. The Hall–Kier alpha value is -3.37. The molecule has 0 unspecified atom stereocenters. The average Bonchev–Trinajstić information content (AvgIpc) is 3.23. The van der Waals surface area contributed by atoms with Gasteiger partial charge in [-0.15, -0.1) is 0 Å². The van der Waals surface area contributed by atoms with Gasteiger partial charge in [0.1, 0.15) is 17.3 Å². The Bertz CT molecular complexity index is 1410. The zero-order valence-electron chi connectivity index (χ0n) is 20.2. The second kappa shape index (κ2) is 10.3. The molecular weight excluding hydrogens is 488 g/mol. The minimum absolute atomic E-state index is 0.0476. The first-order valence-corrected chi connectivity index (χ1v) is 13.0.